The summed E-state index contributed by atoms with van der Waals surface area (Å²) >= 11 is 0. The molecule has 0 spiro atoms. The molecule has 0 aliphatic rings. The highest BCUT2D eigenvalue weighted by molar-refractivity contribution is 7.93. The van der Waals surface area contributed by atoms with Gasteiger partial charge < -0.3 is 0 Å². The first kappa shape index (κ1) is 33.7. The summed E-state index contributed by atoms with van der Waals surface area (Å²) in [5.74, 6) is 0. The van der Waals surface area contributed by atoms with Crippen LogP contribution in [-0.2, 0) is 29.9 Å². The third kappa shape index (κ3) is 7.59. The fourth-order valence-electron chi connectivity index (χ4n) is 5.18. The van der Waals surface area contributed by atoms with E-state index in [4.69, 9.17) is 0 Å². The molecule has 0 aliphatic carbocycles. The lowest BCUT2D eigenvalue weighted by Gasteiger charge is -2.11. The summed E-state index contributed by atoms with van der Waals surface area (Å²) in [6, 6.07) is 39.7. The molecule has 0 radical (unpaired) electrons. The lowest BCUT2D eigenvalue weighted by molar-refractivity contribution is 0.595. The molecule has 0 aromatic heterocycles. The van der Waals surface area contributed by atoms with Crippen molar-refractivity contribution in [1.82, 2.24) is 0 Å². The smallest absolute Gasteiger partial charge is 0.261 e. The monoisotopic (exact) mass is 708 g/mol. The van der Waals surface area contributed by atoms with Crippen LogP contribution in [-0.4, -0.2) is 25.3 Å². The molecule has 0 unspecified atom stereocenters. The van der Waals surface area contributed by atoms with E-state index < -0.39 is 29.9 Å². The van der Waals surface area contributed by atoms with Crippen LogP contribution < -0.4 is 9.44 Å². The van der Waals surface area contributed by atoms with Crippen LogP contribution in [0.25, 0.3) is 22.3 Å². The maximum Gasteiger partial charge on any atom is 0.261 e. The summed E-state index contributed by atoms with van der Waals surface area (Å²) in [5, 5.41) is 0. The van der Waals surface area contributed by atoms with Crippen molar-refractivity contribution >= 4 is 41.3 Å². The van der Waals surface area contributed by atoms with Gasteiger partial charge in [0.1, 0.15) is 0 Å². The number of sulfone groups is 1. The average molecular weight is 709 g/mol. The first-order valence-electron chi connectivity index (χ1n) is 15.2. The van der Waals surface area contributed by atoms with Crippen molar-refractivity contribution in [2.75, 3.05) is 9.44 Å². The predicted molar refractivity (Wildman–Crippen MR) is 193 cm³/mol. The minimum Gasteiger partial charge on any atom is -0.280 e. The van der Waals surface area contributed by atoms with E-state index in [1.165, 1.54) is 24.3 Å². The van der Waals surface area contributed by atoms with Crippen molar-refractivity contribution in [2.45, 2.75) is 33.4 Å². The summed E-state index contributed by atoms with van der Waals surface area (Å²) in [6.07, 6.45) is 0. The molecular weight excluding hydrogens is 677 g/mol. The Morgan fingerprint density at radius 2 is 0.694 bits per heavy atom. The minimum atomic E-state index is -3.85. The van der Waals surface area contributed by atoms with Gasteiger partial charge in [-0.05, 0) is 109 Å². The highest BCUT2D eigenvalue weighted by Crippen LogP contribution is 2.30. The number of rotatable bonds is 10. The predicted octanol–water partition coefficient (Wildman–Crippen LogP) is 8.07. The van der Waals surface area contributed by atoms with Crippen molar-refractivity contribution in [3.05, 3.63) is 157 Å². The van der Waals surface area contributed by atoms with E-state index in [1.807, 2.05) is 26.0 Å². The van der Waals surface area contributed by atoms with Crippen LogP contribution in [0.15, 0.2) is 165 Å². The molecule has 0 saturated carbocycles. The second-order valence-electron chi connectivity index (χ2n) is 11.6. The molecule has 49 heavy (non-hydrogen) atoms. The van der Waals surface area contributed by atoms with Crippen LogP contribution in [0.2, 0.25) is 0 Å². The quantitative estimate of drug-likeness (QED) is 0.148. The number of aryl methyl sites for hydroxylation is 2. The Morgan fingerprint density at radius 3 is 1.04 bits per heavy atom. The van der Waals surface area contributed by atoms with E-state index in [1.54, 1.807) is 109 Å². The fraction of sp³-hybridized carbons (Fsp3) is 0.0526. The molecule has 248 valence electrons. The lowest BCUT2D eigenvalue weighted by atomic mass is 10.1. The largest absolute Gasteiger partial charge is 0.280 e. The van der Waals surface area contributed by atoms with Crippen molar-refractivity contribution in [1.29, 1.82) is 0 Å². The normalized spacial score (nSPS) is 12.0. The Bertz CT molecular complexity index is 2290. The highest BCUT2D eigenvalue weighted by atomic mass is 32.2. The van der Waals surface area contributed by atoms with Crippen LogP contribution in [0.5, 0.6) is 0 Å². The maximum atomic E-state index is 13.5. The molecule has 0 aliphatic heterocycles. The highest BCUT2D eigenvalue weighted by Gasteiger charge is 2.19. The van der Waals surface area contributed by atoms with E-state index in [0.29, 0.717) is 33.6 Å². The number of hydrogen-bond acceptors (Lipinski definition) is 6. The molecule has 8 nitrogen and oxygen atoms in total. The van der Waals surface area contributed by atoms with Crippen LogP contribution >= 0.6 is 0 Å². The summed E-state index contributed by atoms with van der Waals surface area (Å²) in [5.41, 5.74) is 5.50. The third-order valence-electron chi connectivity index (χ3n) is 7.89. The minimum absolute atomic E-state index is 0.104. The van der Waals surface area contributed by atoms with E-state index in [9.17, 15) is 25.3 Å². The van der Waals surface area contributed by atoms with Crippen molar-refractivity contribution in [3.63, 3.8) is 0 Å². The van der Waals surface area contributed by atoms with Gasteiger partial charge in [0.15, 0.2) is 0 Å². The van der Waals surface area contributed by atoms with Crippen molar-refractivity contribution in [3.8, 4) is 22.3 Å². The van der Waals surface area contributed by atoms with Gasteiger partial charge in [-0.25, -0.2) is 25.3 Å². The number of hydrogen-bond donors (Lipinski definition) is 2. The molecule has 0 heterocycles. The second kappa shape index (κ2) is 13.3. The number of anilines is 2. The van der Waals surface area contributed by atoms with E-state index in [-0.39, 0.29) is 19.6 Å². The Hall–Kier alpha value is -5.23. The number of benzene rings is 6. The fourth-order valence-corrected chi connectivity index (χ4v) is 8.54. The van der Waals surface area contributed by atoms with Gasteiger partial charge >= 0.3 is 0 Å². The lowest BCUT2D eigenvalue weighted by Crippen LogP contribution is -2.12. The Morgan fingerprint density at radius 1 is 0.367 bits per heavy atom. The molecular formula is C38H32N2O6S3. The van der Waals surface area contributed by atoms with Gasteiger partial charge in [0.05, 0.1) is 19.6 Å². The molecule has 6 rings (SSSR count). The summed E-state index contributed by atoms with van der Waals surface area (Å²) in [4.78, 5) is 0.516. The zero-order valence-electron chi connectivity index (χ0n) is 26.5. The maximum absolute atomic E-state index is 13.5. The third-order valence-corrected chi connectivity index (χ3v) is 12.5. The van der Waals surface area contributed by atoms with Gasteiger partial charge in [-0.1, -0.05) is 83.9 Å². The van der Waals surface area contributed by atoms with E-state index in [2.05, 4.69) is 9.44 Å². The van der Waals surface area contributed by atoms with Gasteiger partial charge in [0.2, 0.25) is 9.84 Å². The molecule has 0 atom stereocenters. The number of sulfonamides is 2. The molecule has 0 bridgehead atoms. The van der Waals surface area contributed by atoms with Crippen molar-refractivity contribution < 1.29 is 25.3 Å². The van der Waals surface area contributed by atoms with E-state index in [0.717, 1.165) is 11.1 Å². The average Bonchev–Trinajstić information content (AvgIpc) is 3.09. The molecule has 2 N–H and O–H groups in total. The topological polar surface area (TPSA) is 126 Å². The summed E-state index contributed by atoms with van der Waals surface area (Å²) in [6.45, 7) is 3.76. The van der Waals surface area contributed by atoms with Gasteiger partial charge in [0, 0.05) is 11.4 Å². The van der Waals surface area contributed by atoms with Gasteiger partial charge in [-0.15, -0.1) is 0 Å². The molecule has 0 amide bonds. The van der Waals surface area contributed by atoms with E-state index >= 15 is 0 Å². The summed E-state index contributed by atoms with van der Waals surface area (Å²) in [7, 11) is -11.4. The zero-order valence-corrected chi connectivity index (χ0v) is 29.0. The van der Waals surface area contributed by atoms with Crippen molar-refractivity contribution in [2.24, 2.45) is 0 Å². The molecule has 6 aromatic carbocycles. The molecule has 6 aromatic rings. The molecule has 11 heteroatoms. The molecule has 0 saturated heterocycles. The van der Waals surface area contributed by atoms with Gasteiger partial charge in [0.25, 0.3) is 20.0 Å². The standard InChI is InChI=1S/C38H32N2O6S3/c1-27-9-17-37(18-10-27)48(43,44)39-33-7-3-5-31(25-33)29-13-21-35(22-14-29)47(41,42)36-23-15-30(16-24-36)32-6-4-8-34(26-32)40-49(45,46)38-19-11-28(2)12-20-38/h3-26,39-40H,1-2H3. The van der Waals surface area contributed by atoms with Crippen LogP contribution in [0.4, 0.5) is 11.4 Å². The number of nitrogens with one attached hydrogen (secondary N) is 2. The molecule has 0 fully saturated rings. The van der Waals surface area contributed by atoms with Gasteiger partial charge in [-0.2, -0.15) is 0 Å². The Labute approximate surface area is 287 Å². The first-order valence-corrected chi connectivity index (χ1v) is 19.6. The second-order valence-corrected chi connectivity index (χ2v) is 16.9. The van der Waals surface area contributed by atoms with Crippen LogP contribution in [0.3, 0.4) is 0 Å². The SMILES string of the molecule is Cc1ccc(S(=O)(=O)Nc2cccc(-c3ccc(S(=O)(=O)c4ccc(-c5cccc(NS(=O)(=O)c6ccc(C)cc6)c5)cc4)cc3)c2)cc1. The van der Waals surface area contributed by atoms with Gasteiger partial charge in [-0.3, -0.25) is 9.44 Å². The zero-order chi connectivity index (χ0) is 34.8. The Balaban J connectivity index is 1.17. The van der Waals surface area contributed by atoms with Crippen LogP contribution in [0, 0.1) is 13.8 Å². The Kier molecular flexibility index (Phi) is 9.17. The van der Waals surface area contributed by atoms with Crippen LogP contribution in [0.1, 0.15) is 11.1 Å². The first-order chi connectivity index (χ1) is 23.3. The summed E-state index contributed by atoms with van der Waals surface area (Å²) < 4.78 is 83.7.